The minimum atomic E-state index is -1.01. The van der Waals surface area contributed by atoms with Gasteiger partial charge in [0.15, 0.2) is 0 Å². The summed E-state index contributed by atoms with van der Waals surface area (Å²) >= 11 is 2.69. The Labute approximate surface area is 311 Å². The standard InChI is InChI=1S/C35H47N9O6S2/c1-6-24-31(47)41-25(12-13-51-5)32(48)39-23(14-22-10-8-7-9-11-22)16-44(35(50)26-15-36-19-37-26)17-28(45)43-29(20(2)3)34-42-27(18-52-34)33(49)38-21(4)30(46)40-24/h7-11,15,18-21,23-25,29H,6,12-14,16-17H2,1-5H3,(H,36,37)(H,38,49)(H,39,48)(H,40,46)(H,41,47)(H,43,45)/t21-,23+,24+,25+,29+/m1/s1. The molecule has 1 aliphatic heterocycles. The summed E-state index contributed by atoms with van der Waals surface area (Å²) < 4.78 is 0. The Morgan fingerprint density at radius 2 is 1.69 bits per heavy atom. The van der Waals surface area contributed by atoms with Crippen molar-refractivity contribution in [2.75, 3.05) is 25.1 Å². The van der Waals surface area contributed by atoms with Gasteiger partial charge in [0.1, 0.15) is 34.5 Å². The molecule has 1 aliphatic rings. The molecule has 0 fully saturated rings. The lowest BCUT2D eigenvalue weighted by atomic mass is 10.0. The van der Waals surface area contributed by atoms with Gasteiger partial charge in [0.25, 0.3) is 11.8 Å². The summed E-state index contributed by atoms with van der Waals surface area (Å²) in [6, 6.07) is 5.16. The molecule has 17 heteroatoms. The van der Waals surface area contributed by atoms with Crippen LogP contribution >= 0.6 is 23.1 Å². The van der Waals surface area contributed by atoms with Crippen molar-refractivity contribution in [2.24, 2.45) is 5.92 Å². The first kappa shape index (κ1) is 40.0. The number of H-pyrrole nitrogens is 1. The molecule has 2 aromatic heterocycles. The van der Waals surface area contributed by atoms with Crippen molar-refractivity contribution in [3.63, 3.8) is 0 Å². The van der Waals surface area contributed by atoms with Crippen LogP contribution in [0.3, 0.4) is 0 Å². The molecule has 0 saturated carbocycles. The molecule has 280 valence electrons. The molecule has 3 aromatic rings. The van der Waals surface area contributed by atoms with Crippen LogP contribution < -0.4 is 26.6 Å². The number of benzene rings is 1. The van der Waals surface area contributed by atoms with Crippen molar-refractivity contribution in [3.05, 3.63) is 70.2 Å². The van der Waals surface area contributed by atoms with Crippen molar-refractivity contribution in [3.8, 4) is 0 Å². The van der Waals surface area contributed by atoms with Crippen molar-refractivity contribution in [1.82, 2.24) is 46.4 Å². The smallest absolute Gasteiger partial charge is 0.272 e. The molecule has 15 nitrogen and oxygen atoms in total. The zero-order valence-corrected chi connectivity index (χ0v) is 31.6. The molecule has 1 aromatic carbocycles. The van der Waals surface area contributed by atoms with E-state index in [1.807, 2.05) is 50.4 Å². The van der Waals surface area contributed by atoms with Gasteiger partial charge in [-0.3, -0.25) is 28.8 Å². The Morgan fingerprint density at radius 1 is 0.981 bits per heavy atom. The molecular weight excluding hydrogens is 707 g/mol. The summed E-state index contributed by atoms with van der Waals surface area (Å²) in [5.41, 5.74) is 1.11. The third-order valence-electron chi connectivity index (χ3n) is 8.49. The number of amides is 6. The molecule has 4 rings (SSSR count). The van der Waals surface area contributed by atoms with E-state index < -0.39 is 65.7 Å². The second kappa shape index (κ2) is 19.2. The number of thiazole rings is 1. The summed E-state index contributed by atoms with van der Waals surface area (Å²) in [6.45, 7) is 6.59. The number of thioether (sulfide) groups is 1. The number of carbonyl (C=O) groups is 6. The lowest BCUT2D eigenvalue weighted by Crippen LogP contribution is -2.58. The average molecular weight is 754 g/mol. The topological polar surface area (TPSA) is 207 Å². The number of fused-ring (bicyclic) bond motifs is 2. The molecule has 52 heavy (non-hydrogen) atoms. The van der Waals surface area contributed by atoms with Crippen LogP contribution in [0, 0.1) is 5.92 Å². The molecule has 6 amide bonds. The highest BCUT2D eigenvalue weighted by molar-refractivity contribution is 7.98. The fourth-order valence-electron chi connectivity index (χ4n) is 5.59. The van der Waals surface area contributed by atoms with E-state index >= 15 is 0 Å². The zero-order chi connectivity index (χ0) is 37.8. The highest BCUT2D eigenvalue weighted by atomic mass is 32.2. The third-order valence-corrected chi connectivity index (χ3v) is 10.1. The van der Waals surface area contributed by atoms with Crippen LogP contribution in [-0.2, 0) is 25.6 Å². The summed E-state index contributed by atoms with van der Waals surface area (Å²) in [5.74, 6) is -2.80. The molecule has 3 heterocycles. The first-order valence-corrected chi connectivity index (χ1v) is 19.4. The number of hydrogen-bond donors (Lipinski definition) is 6. The van der Waals surface area contributed by atoms with Gasteiger partial charge in [-0.2, -0.15) is 11.8 Å². The SMILES string of the molecule is CC[C@@H]1NC(=O)[C@@H](C)NC(=O)c2csc(n2)[C@H](C(C)C)NC(=O)CN(C(=O)c2cnc[nH]2)C[C@H](Cc2ccccc2)NC(=O)[C@H](CCSC)NC1=O. The maximum absolute atomic E-state index is 14.0. The number of imidazole rings is 1. The second-order valence-corrected chi connectivity index (χ2v) is 14.8. The molecule has 0 aliphatic carbocycles. The van der Waals surface area contributed by atoms with E-state index in [1.54, 1.807) is 12.3 Å². The van der Waals surface area contributed by atoms with Gasteiger partial charge in [-0.05, 0) is 49.7 Å². The van der Waals surface area contributed by atoms with E-state index in [0.29, 0.717) is 23.6 Å². The first-order chi connectivity index (χ1) is 24.9. The Morgan fingerprint density at radius 3 is 2.35 bits per heavy atom. The maximum Gasteiger partial charge on any atom is 0.272 e. The number of carbonyl (C=O) groups excluding carboxylic acids is 6. The van der Waals surface area contributed by atoms with Crippen LogP contribution in [0.2, 0.25) is 0 Å². The van der Waals surface area contributed by atoms with Gasteiger partial charge in [0.2, 0.25) is 23.6 Å². The fraction of sp³-hybridized carbons (Fsp3) is 0.486. The summed E-state index contributed by atoms with van der Waals surface area (Å²) in [5, 5.41) is 16.2. The Kier molecular flexibility index (Phi) is 14.8. The van der Waals surface area contributed by atoms with Crippen molar-refractivity contribution in [1.29, 1.82) is 0 Å². The predicted octanol–water partition coefficient (Wildman–Crippen LogP) is 1.81. The highest BCUT2D eigenvalue weighted by Crippen LogP contribution is 2.25. The summed E-state index contributed by atoms with van der Waals surface area (Å²) in [7, 11) is 0. The van der Waals surface area contributed by atoms with Gasteiger partial charge >= 0.3 is 0 Å². The Hall–Kier alpha value is -4.77. The lowest BCUT2D eigenvalue weighted by molar-refractivity contribution is -0.132. The Bertz CT molecular complexity index is 1680. The summed E-state index contributed by atoms with van der Waals surface area (Å²) in [4.78, 5) is 94.0. The van der Waals surface area contributed by atoms with Crippen LogP contribution in [0.5, 0.6) is 0 Å². The van der Waals surface area contributed by atoms with Crippen molar-refractivity contribution < 1.29 is 28.8 Å². The number of nitrogens with one attached hydrogen (secondary N) is 6. The van der Waals surface area contributed by atoms with E-state index in [-0.39, 0.29) is 36.8 Å². The van der Waals surface area contributed by atoms with Gasteiger partial charge in [-0.1, -0.05) is 51.1 Å². The monoisotopic (exact) mass is 753 g/mol. The van der Waals surface area contributed by atoms with Crippen LogP contribution in [0.1, 0.15) is 78.1 Å². The number of nitrogens with zero attached hydrogens (tertiary/aromatic N) is 3. The van der Waals surface area contributed by atoms with Gasteiger partial charge in [0, 0.05) is 11.9 Å². The van der Waals surface area contributed by atoms with E-state index in [4.69, 9.17) is 0 Å². The highest BCUT2D eigenvalue weighted by Gasteiger charge is 2.32. The van der Waals surface area contributed by atoms with Gasteiger partial charge in [0.05, 0.1) is 31.2 Å². The van der Waals surface area contributed by atoms with Crippen LogP contribution in [0.4, 0.5) is 0 Å². The van der Waals surface area contributed by atoms with Crippen molar-refractivity contribution in [2.45, 2.75) is 77.2 Å². The number of hydrogen-bond acceptors (Lipinski definition) is 10. The van der Waals surface area contributed by atoms with Crippen LogP contribution in [0.15, 0.2) is 48.2 Å². The number of aromatic amines is 1. The predicted molar refractivity (Wildman–Crippen MR) is 198 cm³/mol. The molecule has 0 spiro atoms. The molecule has 5 atom stereocenters. The van der Waals surface area contributed by atoms with E-state index in [2.05, 4.69) is 41.5 Å². The van der Waals surface area contributed by atoms with Crippen molar-refractivity contribution >= 4 is 58.5 Å². The fourth-order valence-corrected chi connectivity index (χ4v) is 7.09. The molecule has 2 bridgehead atoms. The minimum absolute atomic E-state index is 0.0610. The average Bonchev–Trinajstić information content (AvgIpc) is 3.84. The lowest BCUT2D eigenvalue weighted by Gasteiger charge is -2.30. The van der Waals surface area contributed by atoms with E-state index in [1.165, 1.54) is 47.4 Å². The van der Waals surface area contributed by atoms with Gasteiger partial charge < -0.3 is 36.5 Å². The van der Waals surface area contributed by atoms with E-state index in [0.717, 1.165) is 5.56 Å². The molecule has 6 N–H and O–H groups in total. The number of aromatic nitrogens is 3. The number of rotatable bonds is 8. The molecule has 0 saturated heterocycles. The van der Waals surface area contributed by atoms with Gasteiger partial charge in [-0.15, -0.1) is 11.3 Å². The normalized spacial score (nSPS) is 22.8. The largest absolute Gasteiger partial charge is 0.349 e. The molecular formula is C35H47N9O6S2. The van der Waals surface area contributed by atoms with Crippen LogP contribution in [-0.4, -0.2) is 105 Å². The van der Waals surface area contributed by atoms with E-state index in [9.17, 15) is 28.8 Å². The third kappa shape index (κ3) is 11.1. The second-order valence-electron chi connectivity index (χ2n) is 12.9. The minimum Gasteiger partial charge on any atom is -0.349 e. The zero-order valence-electron chi connectivity index (χ0n) is 29.9. The molecule has 0 radical (unpaired) electrons. The first-order valence-electron chi connectivity index (χ1n) is 17.2. The quantitative estimate of drug-likeness (QED) is 0.198. The summed E-state index contributed by atoms with van der Waals surface area (Å²) in [6.07, 6.45) is 5.44. The maximum atomic E-state index is 14.0. The Balaban J connectivity index is 1.74. The van der Waals surface area contributed by atoms with Crippen LogP contribution in [0.25, 0.3) is 0 Å². The van der Waals surface area contributed by atoms with Gasteiger partial charge in [-0.25, -0.2) is 9.97 Å². The molecule has 0 unspecified atom stereocenters.